The van der Waals surface area contributed by atoms with E-state index in [4.69, 9.17) is 9.47 Å². The molecule has 2 aliphatic rings. The first-order valence-corrected chi connectivity index (χ1v) is 5.91. The zero-order valence-electron chi connectivity index (χ0n) is 9.78. The highest BCUT2D eigenvalue weighted by molar-refractivity contribution is 5.77. The second-order valence-electron chi connectivity index (χ2n) is 4.42. The third-order valence-electron chi connectivity index (χ3n) is 3.25. The van der Waals surface area contributed by atoms with Crippen molar-refractivity contribution in [3.05, 3.63) is 0 Å². The van der Waals surface area contributed by atoms with Crippen molar-refractivity contribution < 1.29 is 14.3 Å². The minimum absolute atomic E-state index is 0.183. The summed E-state index contributed by atoms with van der Waals surface area (Å²) in [5.41, 5.74) is 0. The molecule has 92 valence electrons. The number of amides is 1. The van der Waals surface area contributed by atoms with Gasteiger partial charge in [0.15, 0.2) is 0 Å². The fraction of sp³-hybridized carbons (Fsp3) is 0.909. The van der Waals surface area contributed by atoms with E-state index in [1.54, 1.807) is 7.11 Å². The fourth-order valence-corrected chi connectivity index (χ4v) is 2.24. The van der Waals surface area contributed by atoms with E-state index in [1.807, 2.05) is 4.90 Å². The number of methoxy groups -OCH3 is 1. The summed E-state index contributed by atoms with van der Waals surface area (Å²) < 4.78 is 10.6. The van der Waals surface area contributed by atoms with Crippen LogP contribution >= 0.6 is 0 Å². The van der Waals surface area contributed by atoms with Crippen molar-refractivity contribution in [1.82, 2.24) is 10.2 Å². The highest BCUT2D eigenvalue weighted by atomic mass is 16.5. The number of morpholine rings is 1. The van der Waals surface area contributed by atoms with Crippen LogP contribution in [0.4, 0.5) is 0 Å². The van der Waals surface area contributed by atoms with Gasteiger partial charge in [0.05, 0.1) is 19.3 Å². The minimum atomic E-state index is 0.183. The van der Waals surface area contributed by atoms with E-state index in [2.05, 4.69) is 5.32 Å². The first-order valence-electron chi connectivity index (χ1n) is 5.91. The maximum absolute atomic E-state index is 11.9. The molecule has 0 bridgehead atoms. The first-order chi connectivity index (χ1) is 7.79. The standard InChI is InChI=1S/C11H20N2O3/c1-15-10-2-4-13(7-10)11(14)6-9-8-16-5-3-12-9/h9-10,12H,2-8H2,1H3/t9?,10-/m1/s1. The maximum Gasteiger partial charge on any atom is 0.224 e. The minimum Gasteiger partial charge on any atom is -0.380 e. The average Bonchev–Trinajstić information content (AvgIpc) is 2.79. The number of carbonyl (C=O) groups excluding carboxylic acids is 1. The van der Waals surface area contributed by atoms with E-state index >= 15 is 0 Å². The zero-order valence-corrected chi connectivity index (χ0v) is 9.78. The van der Waals surface area contributed by atoms with Crippen LogP contribution in [0.3, 0.4) is 0 Å². The molecule has 0 radical (unpaired) electrons. The summed E-state index contributed by atoms with van der Waals surface area (Å²) in [5.74, 6) is 0.211. The van der Waals surface area contributed by atoms with Crippen LogP contribution in [0.5, 0.6) is 0 Å². The van der Waals surface area contributed by atoms with E-state index in [-0.39, 0.29) is 18.1 Å². The summed E-state index contributed by atoms with van der Waals surface area (Å²) in [7, 11) is 1.70. The van der Waals surface area contributed by atoms with E-state index in [9.17, 15) is 4.79 Å². The topological polar surface area (TPSA) is 50.8 Å². The molecule has 0 aromatic rings. The summed E-state index contributed by atoms with van der Waals surface area (Å²) in [5, 5.41) is 3.29. The summed E-state index contributed by atoms with van der Waals surface area (Å²) in [6.07, 6.45) is 1.72. The van der Waals surface area contributed by atoms with Crippen molar-refractivity contribution in [3.8, 4) is 0 Å². The summed E-state index contributed by atoms with van der Waals surface area (Å²) in [4.78, 5) is 13.8. The Bertz CT molecular complexity index is 241. The van der Waals surface area contributed by atoms with E-state index in [0.29, 0.717) is 13.0 Å². The Morgan fingerprint density at radius 3 is 3.12 bits per heavy atom. The largest absolute Gasteiger partial charge is 0.380 e. The molecular weight excluding hydrogens is 208 g/mol. The zero-order chi connectivity index (χ0) is 11.4. The van der Waals surface area contributed by atoms with Crippen LogP contribution in [0.15, 0.2) is 0 Å². The van der Waals surface area contributed by atoms with Gasteiger partial charge in [-0.1, -0.05) is 0 Å². The molecule has 2 heterocycles. The lowest BCUT2D eigenvalue weighted by molar-refractivity contribution is -0.131. The van der Waals surface area contributed by atoms with Gasteiger partial charge in [-0.2, -0.15) is 0 Å². The molecule has 2 atom stereocenters. The monoisotopic (exact) mass is 228 g/mol. The summed E-state index contributed by atoms with van der Waals surface area (Å²) >= 11 is 0. The van der Waals surface area contributed by atoms with Crippen molar-refractivity contribution >= 4 is 5.91 Å². The molecular formula is C11H20N2O3. The third kappa shape index (κ3) is 2.93. The predicted molar refractivity (Wildman–Crippen MR) is 59.2 cm³/mol. The highest BCUT2D eigenvalue weighted by Gasteiger charge is 2.27. The number of rotatable bonds is 3. The molecule has 16 heavy (non-hydrogen) atoms. The van der Waals surface area contributed by atoms with Gasteiger partial charge < -0.3 is 19.7 Å². The number of nitrogens with zero attached hydrogens (tertiary/aromatic N) is 1. The van der Waals surface area contributed by atoms with Crippen molar-refractivity contribution in [2.45, 2.75) is 25.0 Å². The Kier molecular flexibility index (Phi) is 4.15. The normalized spacial score (nSPS) is 30.7. The fourth-order valence-electron chi connectivity index (χ4n) is 2.24. The molecule has 0 aromatic carbocycles. The smallest absolute Gasteiger partial charge is 0.224 e. The molecule has 1 amide bonds. The maximum atomic E-state index is 11.9. The lowest BCUT2D eigenvalue weighted by atomic mass is 10.2. The number of ether oxygens (including phenoxy) is 2. The number of hydrogen-bond acceptors (Lipinski definition) is 4. The van der Waals surface area contributed by atoms with Crippen LogP contribution in [-0.2, 0) is 14.3 Å². The summed E-state index contributed by atoms with van der Waals surface area (Å²) in [6, 6.07) is 0.183. The SMILES string of the molecule is CO[C@@H]1CCN(C(=O)CC2COCCN2)C1. The van der Waals surface area contributed by atoms with Crippen LogP contribution in [0.2, 0.25) is 0 Å². The number of hydrogen-bond donors (Lipinski definition) is 1. The lowest BCUT2D eigenvalue weighted by Gasteiger charge is -2.25. The van der Waals surface area contributed by atoms with Gasteiger partial charge in [0, 0.05) is 39.2 Å². The van der Waals surface area contributed by atoms with Gasteiger partial charge in [-0.25, -0.2) is 0 Å². The van der Waals surface area contributed by atoms with Crippen LogP contribution in [0.25, 0.3) is 0 Å². The van der Waals surface area contributed by atoms with E-state index < -0.39 is 0 Å². The Balaban J connectivity index is 1.75. The molecule has 1 N–H and O–H groups in total. The molecule has 0 aliphatic carbocycles. The van der Waals surface area contributed by atoms with Crippen LogP contribution < -0.4 is 5.32 Å². The molecule has 1 unspecified atom stereocenters. The number of likely N-dealkylation sites (tertiary alicyclic amines) is 1. The Morgan fingerprint density at radius 1 is 1.62 bits per heavy atom. The summed E-state index contributed by atoms with van der Waals surface area (Å²) in [6.45, 7) is 3.81. The van der Waals surface area contributed by atoms with E-state index in [0.717, 1.165) is 32.7 Å². The highest BCUT2D eigenvalue weighted by Crippen LogP contribution is 2.14. The van der Waals surface area contributed by atoms with Gasteiger partial charge in [-0.15, -0.1) is 0 Å². The van der Waals surface area contributed by atoms with Crippen LogP contribution in [0, 0.1) is 0 Å². The van der Waals surface area contributed by atoms with Gasteiger partial charge in [0.2, 0.25) is 5.91 Å². The quantitative estimate of drug-likeness (QED) is 0.715. The molecule has 0 aromatic heterocycles. The van der Waals surface area contributed by atoms with Gasteiger partial charge >= 0.3 is 0 Å². The van der Waals surface area contributed by atoms with Crippen molar-refractivity contribution in [1.29, 1.82) is 0 Å². The molecule has 0 saturated carbocycles. The van der Waals surface area contributed by atoms with Gasteiger partial charge in [-0.05, 0) is 6.42 Å². The molecule has 5 nitrogen and oxygen atoms in total. The molecule has 0 spiro atoms. The Labute approximate surface area is 96.1 Å². The third-order valence-corrected chi connectivity index (χ3v) is 3.25. The molecule has 2 aliphatic heterocycles. The van der Waals surface area contributed by atoms with Crippen LogP contribution in [0.1, 0.15) is 12.8 Å². The predicted octanol–water partition coefficient (Wildman–Crippen LogP) is -0.388. The van der Waals surface area contributed by atoms with E-state index in [1.165, 1.54) is 0 Å². The number of carbonyl (C=O) groups is 1. The van der Waals surface area contributed by atoms with Crippen molar-refractivity contribution in [2.75, 3.05) is 40.0 Å². The second kappa shape index (κ2) is 5.61. The lowest BCUT2D eigenvalue weighted by Crippen LogP contribution is -2.44. The number of nitrogens with one attached hydrogen (secondary N) is 1. The molecule has 5 heteroatoms. The average molecular weight is 228 g/mol. The first kappa shape index (κ1) is 11.8. The Morgan fingerprint density at radius 2 is 2.50 bits per heavy atom. The van der Waals surface area contributed by atoms with Gasteiger partial charge in [0.1, 0.15) is 0 Å². The van der Waals surface area contributed by atoms with Crippen LogP contribution in [-0.4, -0.2) is 62.9 Å². The van der Waals surface area contributed by atoms with Gasteiger partial charge in [0.25, 0.3) is 0 Å². The van der Waals surface area contributed by atoms with Crippen molar-refractivity contribution in [3.63, 3.8) is 0 Å². The van der Waals surface area contributed by atoms with Gasteiger partial charge in [-0.3, -0.25) is 4.79 Å². The molecule has 2 rings (SSSR count). The molecule has 2 fully saturated rings. The Hall–Kier alpha value is -0.650. The molecule has 2 saturated heterocycles. The van der Waals surface area contributed by atoms with Crippen molar-refractivity contribution in [2.24, 2.45) is 0 Å². The second-order valence-corrected chi connectivity index (χ2v) is 4.42.